The summed E-state index contributed by atoms with van der Waals surface area (Å²) in [6, 6.07) is 3.83. The maximum absolute atomic E-state index is 11.2. The van der Waals surface area contributed by atoms with Gasteiger partial charge in [0.05, 0.1) is 11.9 Å². The smallest absolute Gasteiger partial charge is 0.192 e. The van der Waals surface area contributed by atoms with Crippen molar-refractivity contribution in [3.63, 3.8) is 0 Å². The molecule has 1 fully saturated rings. The van der Waals surface area contributed by atoms with Gasteiger partial charge in [0.15, 0.2) is 14.9 Å². The van der Waals surface area contributed by atoms with Gasteiger partial charge in [-0.15, -0.1) is 0 Å². The largest absolute Gasteiger partial charge is 0.381 e. The molecule has 0 aliphatic heterocycles. The fourth-order valence-electron chi connectivity index (χ4n) is 2.26. The van der Waals surface area contributed by atoms with E-state index in [2.05, 4.69) is 17.2 Å². The van der Waals surface area contributed by atoms with Gasteiger partial charge >= 0.3 is 0 Å². The molecule has 4 nitrogen and oxygen atoms in total. The van der Waals surface area contributed by atoms with Crippen molar-refractivity contribution in [1.82, 2.24) is 4.98 Å². The number of hydrogen-bond donors (Lipinski definition) is 1. The summed E-state index contributed by atoms with van der Waals surface area (Å²) < 4.78 is 22.5. The van der Waals surface area contributed by atoms with Crippen LogP contribution in [0.25, 0.3) is 0 Å². The van der Waals surface area contributed by atoms with Crippen LogP contribution in [0.5, 0.6) is 0 Å². The molecule has 0 amide bonds. The Morgan fingerprint density at radius 3 is 2.59 bits per heavy atom. The highest BCUT2D eigenvalue weighted by Crippen LogP contribution is 2.27. The summed E-state index contributed by atoms with van der Waals surface area (Å²) in [5.74, 6) is 0.774. The molecule has 0 aromatic carbocycles. The zero-order valence-corrected chi connectivity index (χ0v) is 11.0. The predicted molar refractivity (Wildman–Crippen MR) is 67.8 cm³/mol. The van der Waals surface area contributed by atoms with Crippen LogP contribution in [0.1, 0.15) is 26.2 Å². The zero-order chi connectivity index (χ0) is 12.5. The first kappa shape index (κ1) is 12.4. The average Bonchev–Trinajstić information content (AvgIpc) is 2.63. The summed E-state index contributed by atoms with van der Waals surface area (Å²) in [5.41, 5.74) is 0.900. The Balaban J connectivity index is 2.04. The van der Waals surface area contributed by atoms with Crippen LogP contribution in [0.2, 0.25) is 0 Å². The molecule has 1 aromatic rings. The maximum atomic E-state index is 11.2. The molecule has 1 aliphatic carbocycles. The number of sulfone groups is 1. The van der Waals surface area contributed by atoms with Crippen molar-refractivity contribution in [3.8, 4) is 0 Å². The number of aromatic nitrogens is 1. The van der Waals surface area contributed by atoms with Crippen LogP contribution in [0, 0.1) is 5.92 Å². The van der Waals surface area contributed by atoms with Gasteiger partial charge in [-0.25, -0.2) is 13.4 Å². The molecule has 0 saturated heterocycles. The number of nitrogens with zero attached hydrogens (tertiary/aromatic N) is 1. The molecule has 2 unspecified atom stereocenters. The summed E-state index contributed by atoms with van der Waals surface area (Å²) in [5, 5.41) is 3.52. The standard InChI is InChI=1S/C12H18N2O2S/c1-9-3-4-10(7-9)14-11-5-6-12(13-8-11)17(2,15)16/h5-6,8-10,14H,3-4,7H2,1-2H3. The van der Waals surface area contributed by atoms with Gasteiger partial charge in [-0.2, -0.15) is 0 Å². The van der Waals surface area contributed by atoms with Crippen LogP contribution in [0.3, 0.4) is 0 Å². The SMILES string of the molecule is CC1CCC(Nc2ccc(S(C)(=O)=O)nc2)C1. The summed E-state index contributed by atoms with van der Waals surface area (Å²) in [6.07, 6.45) is 6.37. The van der Waals surface area contributed by atoms with Crippen molar-refractivity contribution in [2.24, 2.45) is 5.92 Å². The molecule has 2 rings (SSSR count). The molecule has 0 spiro atoms. The van der Waals surface area contributed by atoms with Gasteiger partial charge in [0.2, 0.25) is 0 Å². The lowest BCUT2D eigenvalue weighted by molar-refractivity contribution is 0.598. The van der Waals surface area contributed by atoms with Crippen LogP contribution in [0.15, 0.2) is 23.4 Å². The lowest BCUT2D eigenvalue weighted by Gasteiger charge is -2.13. The number of pyridine rings is 1. The number of anilines is 1. The van der Waals surface area contributed by atoms with E-state index in [0.717, 1.165) is 11.6 Å². The first-order chi connectivity index (χ1) is 7.95. The lowest BCUT2D eigenvalue weighted by Crippen LogP contribution is -2.15. The number of hydrogen-bond acceptors (Lipinski definition) is 4. The number of nitrogens with one attached hydrogen (secondary N) is 1. The molecule has 1 saturated carbocycles. The lowest BCUT2D eigenvalue weighted by atomic mass is 10.1. The van der Waals surface area contributed by atoms with E-state index >= 15 is 0 Å². The van der Waals surface area contributed by atoms with Crippen LogP contribution >= 0.6 is 0 Å². The van der Waals surface area contributed by atoms with Crippen molar-refractivity contribution in [3.05, 3.63) is 18.3 Å². The Labute approximate surface area is 102 Å². The Morgan fingerprint density at radius 1 is 1.35 bits per heavy atom. The normalized spacial score (nSPS) is 24.8. The Kier molecular flexibility index (Phi) is 3.38. The summed E-state index contributed by atoms with van der Waals surface area (Å²) in [6.45, 7) is 2.26. The number of rotatable bonds is 3. The molecule has 1 N–H and O–H groups in total. The fourth-order valence-corrected chi connectivity index (χ4v) is 2.82. The van der Waals surface area contributed by atoms with E-state index in [-0.39, 0.29) is 5.03 Å². The third-order valence-electron chi connectivity index (χ3n) is 3.18. The highest BCUT2D eigenvalue weighted by atomic mass is 32.2. The second-order valence-electron chi connectivity index (χ2n) is 4.92. The molecule has 0 bridgehead atoms. The highest BCUT2D eigenvalue weighted by Gasteiger charge is 2.21. The van der Waals surface area contributed by atoms with Gasteiger partial charge in [0, 0.05) is 12.3 Å². The third kappa shape index (κ3) is 3.19. The molecule has 0 radical (unpaired) electrons. The minimum absolute atomic E-state index is 0.128. The molecular formula is C12H18N2O2S. The quantitative estimate of drug-likeness (QED) is 0.897. The maximum Gasteiger partial charge on any atom is 0.192 e. The van der Waals surface area contributed by atoms with Crippen LogP contribution in [0.4, 0.5) is 5.69 Å². The van der Waals surface area contributed by atoms with E-state index in [0.29, 0.717) is 6.04 Å². The van der Waals surface area contributed by atoms with Crippen molar-refractivity contribution in [1.29, 1.82) is 0 Å². The minimum Gasteiger partial charge on any atom is -0.381 e. The van der Waals surface area contributed by atoms with E-state index < -0.39 is 9.84 Å². The van der Waals surface area contributed by atoms with Gasteiger partial charge < -0.3 is 5.32 Å². The van der Waals surface area contributed by atoms with E-state index in [1.54, 1.807) is 18.3 Å². The molecule has 1 aromatic heterocycles. The molecule has 2 atom stereocenters. The minimum atomic E-state index is -3.19. The molecule has 5 heteroatoms. The third-order valence-corrected chi connectivity index (χ3v) is 4.18. The van der Waals surface area contributed by atoms with Crippen LogP contribution in [-0.2, 0) is 9.84 Å². The molecule has 1 aliphatic rings. The van der Waals surface area contributed by atoms with Crippen molar-refractivity contribution >= 4 is 15.5 Å². The van der Waals surface area contributed by atoms with Gasteiger partial charge in [-0.3, -0.25) is 0 Å². The average molecular weight is 254 g/mol. The van der Waals surface area contributed by atoms with E-state index in [9.17, 15) is 8.42 Å². The fraction of sp³-hybridized carbons (Fsp3) is 0.583. The first-order valence-electron chi connectivity index (χ1n) is 5.88. The van der Waals surface area contributed by atoms with Gasteiger partial charge in [-0.05, 0) is 37.3 Å². The summed E-state index contributed by atoms with van der Waals surface area (Å²) >= 11 is 0. The Hall–Kier alpha value is -1.10. The van der Waals surface area contributed by atoms with Gasteiger partial charge in [0.25, 0.3) is 0 Å². The second kappa shape index (κ2) is 4.64. The Morgan fingerprint density at radius 2 is 2.12 bits per heavy atom. The molecule has 17 heavy (non-hydrogen) atoms. The zero-order valence-electron chi connectivity index (χ0n) is 10.2. The molecule has 1 heterocycles. The topological polar surface area (TPSA) is 59.1 Å². The molecule has 94 valence electrons. The van der Waals surface area contributed by atoms with Crippen LogP contribution < -0.4 is 5.32 Å². The monoisotopic (exact) mass is 254 g/mol. The van der Waals surface area contributed by atoms with E-state index in [1.165, 1.54) is 25.5 Å². The molecular weight excluding hydrogens is 236 g/mol. The first-order valence-corrected chi connectivity index (χ1v) is 7.77. The van der Waals surface area contributed by atoms with Gasteiger partial charge in [0.1, 0.15) is 0 Å². The van der Waals surface area contributed by atoms with E-state index in [4.69, 9.17) is 0 Å². The van der Waals surface area contributed by atoms with E-state index in [1.807, 2.05) is 0 Å². The summed E-state index contributed by atoms with van der Waals surface area (Å²) in [7, 11) is -3.19. The Bertz CT molecular complexity index is 482. The highest BCUT2D eigenvalue weighted by molar-refractivity contribution is 7.90. The van der Waals surface area contributed by atoms with Crippen molar-refractivity contribution in [2.45, 2.75) is 37.3 Å². The summed E-state index contributed by atoms with van der Waals surface area (Å²) in [4.78, 5) is 3.96. The second-order valence-corrected chi connectivity index (χ2v) is 6.88. The van der Waals surface area contributed by atoms with Crippen molar-refractivity contribution in [2.75, 3.05) is 11.6 Å². The van der Waals surface area contributed by atoms with Gasteiger partial charge in [-0.1, -0.05) is 6.92 Å². The van der Waals surface area contributed by atoms with Crippen molar-refractivity contribution < 1.29 is 8.42 Å². The predicted octanol–water partition coefficient (Wildman–Crippen LogP) is 2.09. The van der Waals surface area contributed by atoms with Crippen LogP contribution in [-0.4, -0.2) is 25.7 Å².